The van der Waals surface area contributed by atoms with E-state index in [4.69, 9.17) is 4.74 Å². The summed E-state index contributed by atoms with van der Waals surface area (Å²) in [6, 6.07) is 9.17. The van der Waals surface area contributed by atoms with Crippen molar-refractivity contribution in [2.24, 2.45) is 0 Å². The van der Waals surface area contributed by atoms with Crippen molar-refractivity contribution < 1.29 is 19.4 Å². The Balaban J connectivity index is 1.79. The molecule has 2 aromatic heterocycles. The van der Waals surface area contributed by atoms with Crippen LogP contribution in [-0.4, -0.2) is 27.1 Å². The van der Waals surface area contributed by atoms with Crippen molar-refractivity contribution in [3.8, 4) is 0 Å². The Bertz CT molecular complexity index is 864. The standard InChI is InChI=1S/C15H11N3O4S/c19-14(20)12-10(11-13(23-12)17-7-6-16-11)18-15(21)22-8-9-4-2-1-3-5-9/h1-7H,8H2,(H,18,21)(H,19,20). The van der Waals surface area contributed by atoms with Gasteiger partial charge in [0.2, 0.25) is 0 Å². The molecule has 1 aromatic carbocycles. The maximum absolute atomic E-state index is 11.9. The van der Waals surface area contributed by atoms with E-state index in [2.05, 4.69) is 15.3 Å². The SMILES string of the molecule is O=C(Nc1c(C(=O)O)sc2nccnc12)OCc1ccccc1. The van der Waals surface area contributed by atoms with Gasteiger partial charge in [-0.05, 0) is 5.56 Å². The normalized spacial score (nSPS) is 10.4. The topological polar surface area (TPSA) is 101 Å². The molecule has 0 bridgehead atoms. The van der Waals surface area contributed by atoms with Crippen LogP contribution in [0.5, 0.6) is 0 Å². The zero-order valence-corrected chi connectivity index (χ0v) is 12.5. The zero-order chi connectivity index (χ0) is 16.2. The third-order valence-corrected chi connectivity index (χ3v) is 4.04. The van der Waals surface area contributed by atoms with E-state index < -0.39 is 12.1 Å². The Morgan fingerprint density at radius 3 is 2.65 bits per heavy atom. The third kappa shape index (κ3) is 3.27. The van der Waals surface area contributed by atoms with Crippen molar-refractivity contribution in [1.29, 1.82) is 0 Å². The van der Waals surface area contributed by atoms with Crippen molar-refractivity contribution in [1.82, 2.24) is 9.97 Å². The lowest BCUT2D eigenvalue weighted by Crippen LogP contribution is -2.15. The summed E-state index contributed by atoms with van der Waals surface area (Å²) in [6.45, 7) is 0.0861. The fourth-order valence-electron chi connectivity index (χ4n) is 1.95. The number of hydrogen-bond donors (Lipinski definition) is 2. The molecule has 0 aliphatic heterocycles. The minimum absolute atomic E-state index is 0.0390. The van der Waals surface area contributed by atoms with Crippen molar-refractivity contribution in [3.05, 3.63) is 53.2 Å². The number of ether oxygens (including phenoxy) is 1. The first-order valence-electron chi connectivity index (χ1n) is 6.59. The van der Waals surface area contributed by atoms with Crippen molar-refractivity contribution >= 4 is 39.4 Å². The van der Waals surface area contributed by atoms with Crippen LogP contribution < -0.4 is 5.32 Å². The number of thiophene rings is 1. The number of nitrogens with one attached hydrogen (secondary N) is 1. The van der Waals surface area contributed by atoms with Crippen LogP contribution in [0.3, 0.4) is 0 Å². The number of carbonyl (C=O) groups excluding carboxylic acids is 1. The Morgan fingerprint density at radius 2 is 1.91 bits per heavy atom. The molecule has 0 radical (unpaired) electrons. The number of nitrogens with zero attached hydrogens (tertiary/aromatic N) is 2. The summed E-state index contributed by atoms with van der Waals surface area (Å²) < 4.78 is 5.10. The number of benzene rings is 1. The zero-order valence-electron chi connectivity index (χ0n) is 11.7. The molecule has 116 valence electrons. The van der Waals surface area contributed by atoms with Crippen LogP contribution in [0.15, 0.2) is 42.7 Å². The molecule has 0 aliphatic carbocycles. The molecule has 7 nitrogen and oxygen atoms in total. The number of carboxylic acids is 1. The largest absolute Gasteiger partial charge is 0.477 e. The molecule has 23 heavy (non-hydrogen) atoms. The van der Waals surface area contributed by atoms with Gasteiger partial charge in [0.15, 0.2) is 0 Å². The molecular formula is C15H11N3O4S. The predicted molar refractivity (Wildman–Crippen MR) is 84.6 cm³/mol. The summed E-state index contributed by atoms with van der Waals surface area (Å²) in [4.78, 5) is 31.8. The summed E-state index contributed by atoms with van der Waals surface area (Å²) in [5.41, 5.74) is 1.26. The highest BCUT2D eigenvalue weighted by Crippen LogP contribution is 2.33. The van der Waals surface area contributed by atoms with Gasteiger partial charge in [-0.3, -0.25) is 5.32 Å². The Hall–Kier alpha value is -3.00. The molecule has 2 heterocycles. The quantitative estimate of drug-likeness (QED) is 0.762. The maximum Gasteiger partial charge on any atom is 0.412 e. The summed E-state index contributed by atoms with van der Waals surface area (Å²) >= 11 is 0.945. The van der Waals surface area contributed by atoms with Crippen LogP contribution in [0.4, 0.5) is 10.5 Å². The second-order valence-electron chi connectivity index (χ2n) is 4.51. The van der Waals surface area contributed by atoms with Crippen LogP contribution in [-0.2, 0) is 11.3 Å². The van der Waals surface area contributed by atoms with Crippen molar-refractivity contribution in [3.63, 3.8) is 0 Å². The predicted octanol–water partition coefficient (Wildman–Crippen LogP) is 3.14. The van der Waals surface area contributed by atoms with Crippen LogP contribution in [0.1, 0.15) is 15.2 Å². The van der Waals surface area contributed by atoms with Gasteiger partial charge in [-0.25, -0.2) is 19.6 Å². The molecule has 0 saturated carbocycles. The van der Waals surface area contributed by atoms with Gasteiger partial charge in [-0.2, -0.15) is 0 Å². The van der Waals surface area contributed by atoms with Crippen LogP contribution in [0.2, 0.25) is 0 Å². The molecule has 3 rings (SSSR count). The first-order valence-corrected chi connectivity index (χ1v) is 7.41. The van der Waals surface area contributed by atoms with Crippen molar-refractivity contribution in [2.75, 3.05) is 5.32 Å². The van der Waals surface area contributed by atoms with Gasteiger partial charge in [-0.15, -0.1) is 11.3 Å². The number of fused-ring (bicyclic) bond motifs is 1. The molecular weight excluding hydrogens is 318 g/mol. The van der Waals surface area contributed by atoms with Crippen LogP contribution in [0.25, 0.3) is 10.3 Å². The number of carbonyl (C=O) groups is 2. The molecule has 0 unspecified atom stereocenters. The van der Waals surface area contributed by atoms with E-state index >= 15 is 0 Å². The van der Waals surface area contributed by atoms with Gasteiger partial charge in [0.25, 0.3) is 0 Å². The molecule has 0 spiro atoms. The first kappa shape index (κ1) is 14.9. The van der Waals surface area contributed by atoms with E-state index in [1.165, 1.54) is 12.4 Å². The van der Waals surface area contributed by atoms with Gasteiger partial charge in [0.05, 0.1) is 5.69 Å². The fourth-order valence-corrected chi connectivity index (χ4v) is 2.85. The van der Waals surface area contributed by atoms with Crippen LogP contribution >= 0.6 is 11.3 Å². The Labute approximate surface area is 134 Å². The van der Waals surface area contributed by atoms with E-state index in [9.17, 15) is 14.7 Å². The van der Waals surface area contributed by atoms with E-state index in [-0.39, 0.29) is 17.2 Å². The van der Waals surface area contributed by atoms with Gasteiger partial charge >= 0.3 is 12.1 Å². The minimum Gasteiger partial charge on any atom is -0.477 e. The molecule has 0 fully saturated rings. The number of rotatable bonds is 4. The van der Waals surface area contributed by atoms with E-state index in [1.807, 2.05) is 30.3 Å². The number of carboxylic acid groups (broad SMARTS) is 1. The van der Waals surface area contributed by atoms with E-state index in [0.717, 1.165) is 16.9 Å². The average molecular weight is 329 g/mol. The second-order valence-corrected chi connectivity index (χ2v) is 5.51. The van der Waals surface area contributed by atoms with Gasteiger partial charge in [-0.1, -0.05) is 30.3 Å². The second kappa shape index (κ2) is 6.41. The highest BCUT2D eigenvalue weighted by atomic mass is 32.1. The summed E-state index contributed by atoms with van der Waals surface area (Å²) in [5.74, 6) is -1.16. The van der Waals surface area contributed by atoms with E-state index in [0.29, 0.717) is 10.3 Å². The van der Waals surface area contributed by atoms with Gasteiger partial charge < -0.3 is 9.84 Å². The number of amides is 1. The van der Waals surface area contributed by atoms with Crippen molar-refractivity contribution in [2.45, 2.75) is 6.61 Å². The van der Waals surface area contributed by atoms with Crippen LogP contribution in [0, 0.1) is 0 Å². The highest BCUT2D eigenvalue weighted by Gasteiger charge is 2.21. The Morgan fingerprint density at radius 1 is 1.17 bits per heavy atom. The van der Waals surface area contributed by atoms with Gasteiger partial charge in [0.1, 0.15) is 21.8 Å². The maximum atomic E-state index is 11.9. The molecule has 8 heteroatoms. The molecule has 3 aromatic rings. The minimum atomic E-state index is -1.16. The smallest absolute Gasteiger partial charge is 0.412 e. The lowest BCUT2D eigenvalue weighted by Gasteiger charge is -2.07. The number of hydrogen-bond acceptors (Lipinski definition) is 6. The third-order valence-electron chi connectivity index (χ3n) is 2.96. The highest BCUT2D eigenvalue weighted by molar-refractivity contribution is 7.21. The number of anilines is 1. The van der Waals surface area contributed by atoms with E-state index in [1.54, 1.807) is 0 Å². The number of aromatic carboxylic acids is 1. The molecule has 0 atom stereocenters. The first-order chi connectivity index (χ1) is 11.1. The van der Waals surface area contributed by atoms with Gasteiger partial charge in [0, 0.05) is 12.4 Å². The summed E-state index contributed by atoms with van der Waals surface area (Å²) in [7, 11) is 0. The lowest BCUT2D eigenvalue weighted by atomic mass is 10.2. The molecule has 1 amide bonds. The molecule has 0 aliphatic rings. The monoisotopic (exact) mass is 329 g/mol. The molecule has 2 N–H and O–H groups in total. The fraction of sp³-hybridized carbons (Fsp3) is 0.0667. The summed E-state index contributed by atoms with van der Waals surface area (Å²) in [6.07, 6.45) is 2.14. The molecule has 0 saturated heterocycles. The number of aromatic nitrogens is 2. The Kier molecular flexibility index (Phi) is 4.15. The summed E-state index contributed by atoms with van der Waals surface area (Å²) in [5, 5.41) is 11.7. The lowest BCUT2D eigenvalue weighted by molar-refractivity contribution is 0.0703. The average Bonchev–Trinajstić information content (AvgIpc) is 2.93.